The van der Waals surface area contributed by atoms with Crippen LogP contribution in [0.4, 0.5) is 8.78 Å². The summed E-state index contributed by atoms with van der Waals surface area (Å²) in [6.07, 6.45) is 0.519. The molecule has 2 N–H and O–H groups in total. The van der Waals surface area contributed by atoms with E-state index in [-0.39, 0.29) is 12.6 Å². The van der Waals surface area contributed by atoms with Crippen molar-refractivity contribution >= 4 is 17.2 Å². The molecule has 13 heavy (non-hydrogen) atoms. The number of likely N-dealkylation sites (tertiary alicyclic amines) is 1. The van der Waals surface area contributed by atoms with Gasteiger partial charge in [-0.2, -0.15) is 0 Å². The molecule has 0 amide bonds. The van der Waals surface area contributed by atoms with Crippen molar-refractivity contribution in [3.05, 3.63) is 0 Å². The van der Waals surface area contributed by atoms with Crippen LogP contribution < -0.4 is 5.73 Å². The Morgan fingerprint density at radius 3 is 2.77 bits per heavy atom. The van der Waals surface area contributed by atoms with Crippen LogP contribution >= 0.6 is 12.2 Å². The third-order valence-corrected chi connectivity index (χ3v) is 2.59. The van der Waals surface area contributed by atoms with E-state index in [4.69, 9.17) is 18.0 Å². The first-order valence-electron chi connectivity index (χ1n) is 4.43. The van der Waals surface area contributed by atoms with Crippen LogP contribution in [0.5, 0.6) is 0 Å². The number of thiocarbonyl (C=S) groups is 1. The van der Waals surface area contributed by atoms with Crippen molar-refractivity contribution in [1.29, 1.82) is 0 Å². The zero-order chi connectivity index (χ0) is 9.84. The second kappa shape index (κ2) is 4.81. The lowest BCUT2D eigenvalue weighted by Crippen LogP contribution is -2.48. The zero-order valence-electron chi connectivity index (χ0n) is 7.38. The summed E-state index contributed by atoms with van der Waals surface area (Å²) in [5.74, 6) is 0. The molecule has 0 aliphatic carbocycles. The van der Waals surface area contributed by atoms with Crippen LogP contribution in [0, 0.1) is 0 Å². The number of nitrogens with two attached hydrogens (primary N) is 1. The first kappa shape index (κ1) is 10.8. The first-order valence-corrected chi connectivity index (χ1v) is 4.83. The van der Waals surface area contributed by atoms with E-state index in [0.29, 0.717) is 11.5 Å². The summed E-state index contributed by atoms with van der Waals surface area (Å²) in [7, 11) is 0. The highest BCUT2D eigenvalue weighted by Gasteiger charge is 2.26. The second-order valence-electron chi connectivity index (χ2n) is 3.30. The van der Waals surface area contributed by atoms with Crippen LogP contribution in [0.2, 0.25) is 0 Å². The molecule has 1 heterocycles. The lowest BCUT2D eigenvalue weighted by Gasteiger charge is -2.34. The SMILES string of the molecule is NC(=S)C1CCCCN1CC(F)F. The minimum Gasteiger partial charge on any atom is -0.392 e. The molecule has 76 valence electrons. The Morgan fingerprint density at radius 2 is 2.23 bits per heavy atom. The van der Waals surface area contributed by atoms with Crippen molar-refractivity contribution in [3.8, 4) is 0 Å². The Kier molecular flexibility index (Phi) is 3.99. The van der Waals surface area contributed by atoms with Gasteiger partial charge >= 0.3 is 0 Å². The molecule has 0 spiro atoms. The molecule has 1 atom stereocenters. The van der Waals surface area contributed by atoms with Crippen molar-refractivity contribution in [1.82, 2.24) is 4.90 Å². The van der Waals surface area contributed by atoms with E-state index in [1.165, 1.54) is 0 Å². The van der Waals surface area contributed by atoms with E-state index < -0.39 is 6.43 Å². The highest BCUT2D eigenvalue weighted by molar-refractivity contribution is 7.80. The average molecular weight is 208 g/mol. The highest BCUT2D eigenvalue weighted by Crippen LogP contribution is 2.18. The number of nitrogens with zero attached hydrogens (tertiary/aromatic N) is 1. The Balaban J connectivity index is 2.51. The van der Waals surface area contributed by atoms with Gasteiger partial charge < -0.3 is 5.73 Å². The predicted octanol–water partition coefficient (Wildman–Crippen LogP) is 1.39. The Bertz CT molecular complexity index is 187. The highest BCUT2D eigenvalue weighted by atomic mass is 32.1. The van der Waals surface area contributed by atoms with Gasteiger partial charge in [0.25, 0.3) is 6.43 Å². The molecule has 0 aromatic rings. The van der Waals surface area contributed by atoms with E-state index >= 15 is 0 Å². The lowest BCUT2D eigenvalue weighted by atomic mass is 10.0. The fraction of sp³-hybridized carbons (Fsp3) is 0.875. The van der Waals surface area contributed by atoms with Crippen LogP contribution in [-0.4, -0.2) is 35.4 Å². The molecule has 0 aromatic carbocycles. The van der Waals surface area contributed by atoms with Gasteiger partial charge in [0, 0.05) is 0 Å². The third-order valence-electron chi connectivity index (χ3n) is 2.31. The van der Waals surface area contributed by atoms with Gasteiger partial charge in [0.15, 0.2) is 0 Å². The van der Waals surface area contributed by atoms with Gasteiger partial charge in [0.05, 0.1) is 17.6 Å². The molecule has 1 rings (SSSR count). The van der Waals surface area contributed by atoms with Crippen LogP contribution in [-0.2, 0) is 0 Å². The van der Waals surface area contributed by atoms with E-state index in [2.05, 4.69) is 0 Å². The van der Waals surface area contributed by atoms with Crippen LogP contribution in [0.3, 0.4) is 0 Å². The average Bonchev–Trinajstić information content (AvgIpc) is 2.03. The quantitative estimate of drug-likeness (QED) is 0.711. The third kappa shape index (κ3) is 3.15. The largest absolute Gasteiger partial charge is 0.392 e. The number of alkyl halides is 2. The van der Waals surface area contributed by atoms with Crippen molar-refractivity contribution in [2.24, 2.45) is 5.73 Å². The summed E-state index contributed by atoms with van der Waals surface area (Å²) in [6.45, 7) is 0.481. The maximum absolute atomic E-state index is 12.1. The molecule has 0 bridgehead atoms. The standard InChI is InChI=1S/C8H14F2N2S/c9-7(10)5-12-4-2-1-3-6(12)8(11)13/h6-7H,1-5H2,(H2,11,13). The molecule has 1 unspecified atom stereocenters. The molecule has 1 saturated heterocycles. The molecule has 0 saturated carbocycles. The van der Waals surface area contributed by atoms with E-state index in [9.17, 15) is 8.78 Å². The van der Waals surface area contributed by atoms with Gasteiger partial charge in [-0.15, -0.1) is 0 Å². The van der Waals surface area contributed by atoms with Gasteiger partial charge in [0.2, 0.25) is 0 Å². The first-order chi connectivity index (χ1) is 6.11. The van der Waals surface area contributed by atoms with E-state index in [1.807, 2.05) is 0 Å². The summed E-state index contributed by atoms with van der Waals surface area (Å²) in [5, 5.41) is 0. The van der Waals surface area contributed by atoms with Gasteiger partial charge in [0.1, 0.15) is 0 Å². The Hall–Kier alpha value is -0.290. The second-order valence-corrected chi connectivity index (χ2v) is 3.77. The molecule has 0 aromatic heterocycles. The molecule has 2 nitrogen and oxygen atoms in total. The number of halogens is 2. The summed E-state index contributed by atoms with van der Waals surface area (Å²) >= 11 is 4.84. The Labute approximate surface area is 82.1 Å². The van der Waals surface area contributed by atoms with Crippen molar-refractivity contribution in [2.75, 3.05) is 13.1 Å². The van der Waals surface area contributed by atoms with Gasteiger partial charge in [-0.3, -0.25) is 4.90 Å². The number of hydrogen-bond donors (Lipinski definition) is 1. The van der Waals surface area contributed by atoms with Crippen LogP contribution in [0.25, 0.3) is 0 Å². The molecule has 1 aliphatic heterocycles. The normalized spacial score (nSPS) is 25.0. The minimum atomic E-state index is -2.30. The maximum Gasteiger partial charge on any atom is 0.251 e. The Morgan fingerprint density at radius 1 is 1.54 bits per heavy atom. The number of hydrogen-bond acceptors (Lipinski definition) is 2. The molecule has 1 fully saturated rings. The van der Waals surface area contributed by atoms with Gasteiger partial charge in [-0.1, -0.05) is 18.6 Å². The minimum absolute atomic E-state index is 0.113. The van der Waals surface area contributed by atoms with Gasteiger partial charge in [-0.25, -0.2) is 8.78 Å². The fourth-order valence-corrected chi connectivity index (χ4v) is 1.98. The summed E-state index contributed by atoms with van der Waals surface area (Å²) < 4.78 is 24.3. The lowest BCUT2D eigenvalue weighted by molar-refractivity contribution is 0.0667. The van der Waals surface area contributed by atoms with Crippen molar-refractivity contribution < 1.29 is 8.78 Å². The van der Waals surface area contributed by atoms with E-state index in [1.54, 1.807) is 4.90 Å². The zero-order valence-corrected chi connectivity index (χ0v) is 8.20. The number of piperidine rings is 1. The summed E-state index contributed by atoms with van der Waals surface area (Å²) in [4.78, 5) is 2.04. The predicted molar refractivity (Wildman–Crippen MR) is 52.0 cm³/mol. The monoisotopic (exact) mass is 208 g/mol. The summed E-state index contributed by atoms with van der Waals surface area (Å²) in [6, 6.07) is -0.113. The molecule has 0 radical (unpaired) electrons. The van der Waals surface area contributed by atoms with Crippen LogP contribution in [0.1, 0.15) is 19.3 Å². The topological polar surface area (TPSA) is 29.3 Å². The smallest absolute Gasteiger partial charge is 0.251 e. The van der Waals surface area contributed by atoms with Gasteiger partial charge in [-0.05, 0) is 19.4 Å². The maximum atomic E-state index is 12.1. The fourth-order valence-electron chi connectivity index (χ4n) is 1.71. The van der Waals surface area contributed by atoms with Crippen molar-refractivity contribution in [2.45, 2.75) is 31.7 Å². The molecular formula is C8H14F2N2S. The molecule has 5 heteroatoms. The van der Waals surface area contributed by atoms with E-state index in [0.717, 1.165) is 19.3 Å². The van der Waals surface area contributed by atoms with Crippen LogP contribution in [0.15, 0.2) is 0 Å². The van der Waals surface area contributed by atoms with Crippen molar-refractivity contribution in [3.63, 3.8) is 0 Å². The summed E-state index contributed by atoms with van der Waals surface area (Å²) in [5.41, 5.74) is 5.48. The number of rotatable bonds is 3. The molecular weight excluding hydrogens is 194 g/mol. The molecule has 1 aliphatic rings.